The van der Waals surface area contributed by atoms with E-state index in [0.717, 1.165) is 5.56 Å². The molecular formula is C23H37N5O6S. The maximum atomic E-state index is 13.0. The Kier molecular flexibility index (Phi) is 14.6. The highest BCUT2D eigenvalue weighted by molar-refractivity contribution is 7.98. The molecule has 0 fully saturated rings. The number of aliphatic hydroxyl groups excluding tert-OH is 1. The number of aliphatic carboxylic acids is 1. The Balaban J connectivity index is 2.97. The molecule has 0 aliphatic heterocycles. The van der Waals surface area contributed by atoms with E-state index in [1.54, 1.807) is 30.3 Å². The molecule has 4 unspecified atom stereocenters. The third-order valence-electron chi connectivity index (χ3n) is 5.25. The van der Waals surface area contributed by atoms with E-state index in [-0.39, 0.29) is 19.3 Å². The van der Waals surface area contributed by atoms with Crippen molar-refractivity contribution in [2.45, 2.75) is 56.3 Å². The number of aliphatic hydroxyl groups is 1. The highest BCUT2D eigenvalue weighted by atomic mass is 32.2. The summed E-state index contributed by atoms with van der Waals surface area (Å²) < 4.78 is 0. The Morgan fingerprint density at radius 3 is 2.03 bits per heavy atom. The fraction of sp³-hybridized carbons (Fsp3) is 0.565. The number of hydrogen-bond acceptors (Lipinski definition) is 8. The van der Waals surface area contributed by atoms with Gasteiger partial charge in [-0.1, -0.05) is 30.3 Å². The number of hydrogen-bond donors (Lipinski definition) is 7. The lowest BCUT2D eigenvalue weighted by molar-refractivity contribution is -0.142. The lowest BCUT2D eigenvalue weighted by atomic mass is 10.0. The number of carbonyl (C=O) groups is 4. The van der Waals surface area contributed by atoms with Crippen LogP contribution in [0.1, 0.15) is 31.2 Å². The number of carbonyl (C=O) groups excluding carboxylic acids is 3. The molecule has 0 bridgehead atoms. The van der Waals surface area contributed by atoms with Crippen molar-refractivity contribution in [3.63, 3.8) is 0 Å². The van der Waals surface area contributed by atoms with E-state index in [2.05, 4.69) is 16.0 Å². The predicted molar refractivity (Wildman–Crippen MR) is 135 cm³/mol. The third kappa shape index (κ3) is 11.5. The third-order valence-corrected chi connectivity index (χ3v) is 5.90. The van der Waals surface area contributed by atoms with E-state index < -0.39 is 54.5 Å². The Hall–Kier alpha value is -2.67. The van der Waals surface area contributed by atoms with Gasteiger partial charge in [-0.05, 0) is 49.8 Å². The first kappa shape index (κ1) is 30.4. The second-order valence-electron chi connectivity index (χ2n) is 8.07. The van der Waals surface area contributed by atoms with Crippen molar-refractivity contribution in [3.8, 4) is 0 Å². The molecule has 0 radical (unpaired) electrons. The monoisotopic (exact) mass is 511 g/mol. The molecule has 1 aromatic carbocycles. The summed E-state index contributed by atoms with van der Waals surface area (Å²) in [7, 11) is 0. The summed E-state index contributed by atoms with van der Waals surface area (Å²) >= 11 is 1.47. The number of unbranched alkanes of at least 4 members (excludes halogenated alkanes) is 1. The van der Waals surface area contributed by atoms with Crippen LogP contribution in [0.5, 0.6) is 0 Å². The van der Waals surface area contributed by atoms with Crippen molar-refractivity contribution >= 4 is 35.5 Å². The summed E-state index contributed by atoms with van der Waals surface area (Å²) in [5.41, 5.74) is 11.8. The zero-order chi connectivity index (χ0) is 26.2. The number of thioether (sulfide) groups is 1. The van der Waals surface area contributed by atoms with Crippen LogP contribution in [-0.4, -0.2) is 83.2 Å². The molecule has 4 atom stereocenters. The van der Waals surface area contributed by atoms with Crippen LogP contribution in [0.15, 0.2) is 30.3 Å². The Labute approximate surface area is 209 Å². The molecule has 35 heavy (non-hydrogen) atoms. The summed E-state index contributed by atoms with van der Waals surface area (Å²) in [5, 5.41) is 26.4. The molecular weight excluding hydrogens is 474 g/mol. The standard InChI is InChI=1S/C23H37N5O6S/c1-35-12-10-18(26-20(30)16(25)14-29)22(32)27-17(9-5-6-11-24)21(31)28-19(23(33)34)13-15-7-3-2-4-8-15/h2-4,7-8,16-19,29H,5-6,9-14,24-25H2,1H3,(H,26,30)(H,27,32)(H,28,31)(H,33,34). The van der Waals surface area contributed by atoms with Crippen LogP contribution in [0, 0.1) is 0 Å². The fourth-order valence-electron chi connectivity index (χ4n) is 3.22. The summed E-state index contributed by atoms with van der Waals surface area (Å²) in [5.74, 6) is -2.57. The minimum atomic E-state index is -1.20. The smallest absolute Gasteiger partial charge is 0.326 e. The average Bonchev–Trinajstić information content (AvgIpc) is 2.85. The predicted octanol–water partition coefficient (Wildman–Crippen LogP) is -1.03. The summed E-state index contributed by atoms with van der Waals surface area (Å²) in [6, 6.07) is 4.52. The number of amides is 3. The molecule has 196 valence electrons. The van der Waals surface area contributed by atoms with Gasteiger partial charge in [0.25, 0.3) is 0 Å². The lowest BCUT2D eigenvalue weighted by Crippen LogP contribution is -2.57. The Bertz CT molecular complexity index is 813. The largest absolute Gasteiger partial charge is 0.480 e. The molecule has 0 heterocycles. The van der Waals surface area contributed by atoms with Gasteiger partial charge in [-0.3, -0.25) is 14.4 Å². The molecule has 1 rings (SSSR count). The zero-order valence-electron chi connectivity index (χ0n) is 19.9. The first-order chi connectivity index (χ1) is 16.7. The van der Waals surface area contributed by atoms with Crippen molar-refractivity contribution in [1.29, 1.82) is 0 Å². The van der Waals surface area contributed by atoms with Gasteiger partial charge in [-0.2, -0.15) is 11.8 Å². The normalized spacial score (nSPS) is 14.3. The van der Waals surface area contributed by atoms with Crippen LogP contribution >= 0.6 is 11.8 Å². The van der Waals surface area contributed by atoms with Crippen molar-refractivity contribution in [2.75, 3.05) is 25.2 Å². The van der Waals surface area contributed by atoms with E-state index in [0.29, 0.717) is 25.1 Å². The average molecular weight is 512 g/mol. The molecule has 0 saturated carbocycles. The van der Waals surface area contributed by atoms with E-state index in [9.17, 15) is 24.3 Å². The maximum absolute atomic E-state index is 13.0. The van der Waals surface area contributed by atoms with E-state index in [1.807, 2.05) is 6.26 Å². The number of carboxylic acids is 1. The van der Waals surface area contributed by atoms with E-state index in [4.69, 9.17) is 16.6 Å². The Morgan fingerprint density at radius 1 is 0.914 bits per heavy atom. The second-order valence-corrected chi connectivity index (χ2v) is 9.05. The van der Waals surface area contributed by atoms with E-state index in [1.165, 1.54) is 11.8 Å². The number of nitrogens with one attached hydrogen (secondary N) is 3. The molecule has 9 N–H and O–H groups in total. The van der Waals surface area contributed by atoms with Gasteiger partial charge in [0.05, 0.1) is 6.61 Å². The number of benzene rings is 1. The highest BCUT2D eigenvalue weighted by Crippen LogP contribution is 2.08. The van der Waals surface area contributed by atoms with Gasteiger partial charge < -0.3 is 37.6 Å². The molecule has 12 heteroatoms. The summed E-state index contributed by atoms with van der Waals surface area (Å²) in [6.07, 6.45) is 3.59. The molecule has 0 aromatic heterocycles. The van der Waals surface area contributed by atoms with Crippen LogP contribution in [0.3, 0.4) is 0 Å². The number of nitrogens with two attached hydrogens (primary N) is 2. The zero-order valence-corrected chi connectivity index (χ0v) is 20.8. The van der Waals surface area contributed by atoms with Gasteiger partial charge in [0.15, 0.2) is 0 Å². The Morgan fingerprint density at radius 2 is 1.49 bits per heavy atom. The van der Waals surface area contributed by atoms with Gasteiger partial charge >= 0.3 is 5.97 Å². The topological polar surface area (TPSA) is 197 Å². The van der Waals surface area contributed by atoms with Crippen molar-refractivity contribution in [2.24, 2.45) is 11.5 Å². The van der Waals surface area contributed by atoms with Crippen molar-refractivity contribution < 1.29 is 29.4 Å². The van der Waals surface area contributed by atoms with Crippen LogP contribution < -0.4 is 27.4 Å². The maximum Gasteiger partial charge on any atom is 0.326 e. The van der Waals surface area contributed by atoms with Crippen molar-refractivity contribution in [3.05, 3.63) is 35.9 Å². The van der Waals surface area contributed by atoms with Gasteiger partial charge in [0.2, 0.25) is 17.7 Å². The molecule has 0 aliphatic rings. The minimum Gasteiger partial charge on any atom is -0.480 e. The molecule has 0 aliphatic carbocycles. The minimum absolute atomic E-state index is 0.0802. The first-order valence-electron chi connectivity index (χ1n) is 11.5. The summed E-state index contributed by atoms with van der Waals surface area (Å²) in [6.45, 7) is -0.176. The van der Waals surface area contributed by atoms with Gasteiger partial charge in [0.1, 0.15) is 24.2 Å². The van der Waals surface area contributed by atoms with Gasteiger partial charge in [0, 0.05) is 6.42 Å². The first-order valence-corrected chi connectivity index (χ1v) is 12.9. The van der Waals surface area contributed by atoms with Crippen LogP contribution in [0.4, 0.5) is 0 Å². The van der Waals surface area contributed by atoms with Gasteiger partial charge in [-0.25, -0.2) is 4.79 Å². The quantitative estimate of drug-likeness (QED) is 0.128. The number of rotatable bonds is 17. The molecule has 1 aromatic rings. The molecule has 11 nitrogen and oxygen atoms in total. The van der Waals surface area contributed by atoms with Crippen LogP contribution in [0.25, 0.3) is 0 Å². The number of carboxylic acid groups (broad SMARTS) is 1. The fourth-order valence-corrected chi connectivity index (χ4v) is 3.69. The molecule has 0 spiro atoms. The SMILES string of the molecule is CSCCC(NC(=O)C(N)CO)C(=O)NC(CCCCN)C(=O)NC(Cc1ccccc1)C(=O)O. The molecule has 3 amide bonds. The molecule has 0 saturated heterocycles. The van der Waals surface area contributed by atoms with E-state index >= 15 is 0 Å². The van der Waals surface area contributed by atoms with Crippen LogP contribution in [0.2, 0.25) is 0 Å². The summed E-state index contributed by atoms with van der Waals surface area (Å²) in [4.78, 5) is 49.9. The lowest BCUT2D eigenvalue weighted by Gasteiger charge is -2.25. The highest BCUT2D eigenvalue weighted by Gasteiger charge is 2.30. The van der Waals surface area contributed by atoms with Crippen LogP contribution in [-0.2, 0) is 25.6 Å². The van der Waals surface area contributed by atoms with Crippen molar-refractivity contribution in [1.82, 2.24) is 16.0 Å². The van der Waals surface area contributed by atoms with Gasteiger partial charge in [-0.15, -0.1) is 0 Å². The second kappa shape index (κ2) is 16.9.